The van der Waals surface area contributed by atoms with Gasteiger partial charge in [0.05, 0.1) is 11.0 Å². The second kappa shape index (κ2) is 5.87. The Morgan fingerprint density at radius 2 is 1.12 bits per heavy atom. The van der Waals surface area contributed by atoms with Crippen LogP contribution in [-0.4, -0.2) is 4.57 Å². The molecule has 2 aliphatic carbocycles. The molecule has 1 aromatic heterocycles. The van der Waals surface area contributed by atoms with Gasteiger partial charge in [0.25, 0.3) is 0 Å². The van der Waals surface area contributed by atoms with Gasteiger partial charge in [-0.3, -0.25) is 0 Å². The van der Waals surface area contributed by atoms with Gasteiger partial charge in [-0.15, -0.1) is 0 Å². The molecule has 1 nitrogen and oxygen atoms in total. The van der Waals surface area contributed by atoms with Gasteiger partial charge in [-0.25, -0.2) is 0 Å². The van der Waals surface area contributed by atoms with E-state index in [0.717, 1.165) is 19.3 Å². The van der Waals surface area contributed by atoms with Crippen molar-refractivity contribution in [3.63, 3.8) is 0 Å². The van der Waals surface area contributed by atoms with Gasteiger partial charge in [0.2, 0.25) is 0 Å². The second-order valence-corrected chi connectivity index (χ2v) is 10.1. The van der Waals surface area contributed by atoms with Gasteiger partial charge in [-0.2, -0.15) is 0 Å². The highest BCUT2D eigenvalue weighted by atomic mass is 15.0. The standard InChI is InChI=1S/C33H21N/c1-4-10-25-20(8-1)16-23-18-24-17-21-9-3-6-12-28(21)34-32(24)31(29(23)25)27-14-13-22-15-19-7-2-5-11-26(19)30(22)33(27)34/h1-14,18H,15-17H2. The summed E-state index contributed by atoms with van der Waals surface area (Å²) in [6.45, 7) is 0. The van der Waals surface area contributed by atoms with E-state index in [2.05, 4.69) is 95.6 Å². The number of fused-ring (bicyclic) bond motifs is 13. The van der Waals surface area contributed by atoms with Crippen molar-refractivity contribution in [3.8, 4) is 27.9 Å². The second-order valence-electron chi connectivity index (χ2n) is 10.1. The Morgan fingerprint density at radius 1 is 0.471 bits per heavy atom. The molecule has 2 heterocycles. The fourth-order valence-corrected chi connectivity index (χ4v) is 7.09. The molecule has 5 aromatic carbocycles. The number of aromatic nitrogens is 1. The molecule has 0 spiro atoms. The minimum absolute atomic E-state index is 1.01. The summed E-state index contributed by atoms with van der Waals surface area (Å²) >= 11 is 0. The lowest BCUT2D eigenvalue weighted by atomic mass is 9.91. The molecule has 0 saturated carbocycles. The fourth-order valence-electron chi connectivity index (χ4n) is 7.09. The summed E-state index contributed by atoms with van der Waals surface area (Å²) in [4.78, 5) is 0. The molecule has 0 unspecified atom stereocenters. The van der Waals surface area contributed by atoms with E-state index in [1.165, 1.54) is 83.1 Å². The lowest BCUT2D eigenvalue weighted by molar-refractivity contribution is 1.04. The lowest BCUT2D eigenvalue weighted by Gasteiger charge is -2.22. The van der Waals surface area contributed by atoms with Crippen LogP contribution < -0.4 is 0 Å². The summed E-state index contributed by atoms with van der Waals surface area (Å²) in [5, 5.41) is 2.85. The minimum atomic E-state index is 1.01. The Hall–Kier alpha value is -4.10. The molecule has 0 N–H and O–H groups in total. The van der Waals surface area contributed by atoms with Crippen LogP contribution >= 0.6 is 0 Å². The molecule has 34 heavy (non-hydrogen) atoms. The molecule has 6 aromatic rings. The lowest BCUT2D eigenvalue weighted by Crippen LogP contribution is -2.08. The largest absolute Gasteiger partial charge is 0.308 e. The van der Waals surface area contributed by atoms with Gasteiger partial charge in [-0.1, -0.05) is 84.9 Å². The molecule has 0 fully saturated rings. The summed E-state index contributed by atoms with van der Waals surface area (Å²) in [6, 6.07) is 34.3. The van der Waals surface area contributed by atoms with Crippen molar-refractivity contribution in [2.75, 3.05) is 0 Å². The Kier molecular flexibility index (Phi) is 3.00. The van der Waals surface area contributed by atoms with E-state index in [-0.39, 0.29) is 0 Å². The molecule has 3 aliphatic rings. The van der Waals surface area contributed by atoms with Crippen LogP contribution in [-0.2, 0) is 19.3 Å². The van der Waals surface area contributed by atoms with Crippen molar-refractivity contribution in [1.82, 2.24) is 4.57 Å². The van der Waals surface area contributed by atoms with Gasteiger partial charge in [0.1, 0.15) is 0 Å². The van der Waals surface area contributed by atoms with Gasteiger partial charge in [0.15, 0.2) is 0 Å². The van der Waals surface area contributed by atoms with E-state index < -0.39 is 0 Å². The first-order valence-corrected chi connectivity index (χ1v) is 12.3. The maximum atomic E-state index is 2.61. The van der Waals surface area contributed by atoms with E-state index in [4.69, 9.17) is 0 Å². The van der Waals surface area contributed by atoms with E-state index in [1.807, 2.05) is 0 Å². The summed E-state index contributed by atoms with van der Waals surface area (Å²) in [6.07, 6.45) is 3.07. The van der Waals surface area contributed by atoms with Crippen LogP contribution in [0.15, 0.2) is 91.0 Å². The molecule has 1 aliphatic heterocycles. The van der Waals surface area contributed by atoms with Crippen LogP contribution in [0.2, 0.25) is 0 Å². The molecule has 0 saturated heterocycles. The first kappa shape index (κ1) is 17.4. The van der Waals surface area contributed by atoms with Crippen LogP contribution in [0.5, 0.6) is 0 Å². The molecular formula is C33H21N. The maximum absolute atomic E-state index is 2.61. The van der Waals surface area contributed by atoms with E-state index in [0.29, 0.717) is 0 Å². The molecular weight excluding hydrogens is 410 g/mol. The number of hydrogen-bond acceptors (Lipinski definition) is 0. The molecule has 1 heteroatoms. The third-order valence-corrected chi connectivity index (χ3v) is 8.39. The van der Waals surface area contributed by atoms with Crippen molar-refractivity contribution in [1.29, 1.82) is 0 Å². The third-order valence-electron chi connectivity index (χ3n) is 8.39. The van der Waals surface area contributed by atoms with E-state index >= 15 is 0 Å². The summed E-state index contributed by atoms with van der Waals surface area (Å²) in [5.74, 6) is 0. The van der Waals surface area contributed by atoms with Crippen molar-refractivity contribution < 1.29 is 0 Å². The summed E-state index contributed by atoms with van der Waals surface area (Å²) in [7, 11) is 0. The number of hydrogen-bond donors (Lipinski definition) is 0. The van der Waals surface area contributed by atoms with E-state index in [9.17, 15) is 0 Å². The van der Waals surface area contributed by atoms with Crippen LogP contribution in [0.4, 0.5) is 0 Å². The zero-order chi connectivity index (χ0) is 22.0. The Morgan fingerprint density at radius 3 is 1.94 bits per heavy atom. The maximum Gasteiger partial charge on any atom is 0.0622 e. The Labute approximate surface area is 197 Å². The zero-order valence-electron chi connectivity index (χ0n) is 18.7. The first-order chi connectivity index (χ1) is 16.9. The van der Waals surface area contributed by atoms with Gasteiger partial charge in [0, 0.05) is 28.4 Å². The van der Waals surface area contributed by atoms with Crippen LogP contribution in [0.3, 0.4) is 0 Å². The quantitative estimate of drug-likeness (QED) is 0.231. The highest BCUT2D eigenvalue weighted by Crippen LogP contribution is 2.52. The monoisotopic (exact) mass is 431 g/mol. The van der Waals surface area contributed by atoms with E-state index in [1.54, 1.807) is 0 Å². The summed E-state index contributed by atoms with van der Waals surface area (Å²) < 4.78 is 2.61. The minimum Gasteiger partial charge on any atom is -0.308 e. The van der Waals surface area contributed by atoms with Crippen LogP contribution in [0.1, 0.15) is 33.4 Å². The smallest absolute Gasteiger partial charge is 0.0622 e. The Balaban J connectivity index is 1.56. The average Bonchev–Trinajstić information content (AvgIpc) is 3.53. The van der Waals surface area contributed by atoms with Gasteiger partial charge >= 0.3 is 0 Å². The van der Waals surface area contributed by atoms with Gasteiger partial charge < -0.3 is 4.57 Å². The average molecular weight is 432 g/mol. The Bertz CT molecular complexity index is 1880. The molecule has 0 amide bonds. The first-order valence-electron chi connectivity index (χ1n) is 12.3. The SMILES string of the molecule is c1ccc2c(c1)Cc1cc3c4c(c1-2)c1ccc2c(c1n4-c1ccccc1C3)-c1ccccc1C2. The predicted octanol–water partition coefficient (Wildman–Crippen LogP) is 7.83. The fraction of sp³-hybridized carbons (Fsp3) is 0.0909. The highest BCUT2D eigenvalue weighted by molar-refractivity contribution is 6.22. The number of para-hydroxylation sites is 1. The molecule has 0 atom stereocenters. The van der Waals surface area contributed by atoms with Gasteiger partial charge in [-0.05, 0) is 69.0 Å². The normalized spacial score (nSPS) is 14.1. The molecule has 0 radical (unpaired) electrons. The van der Waals surface area contributed by atoms with Crippen molar-refractivity contribution in [2.24, 2.45) is 0 Å². The molecule has 0 bridgehead atoms. The summed E-state index contributed by atoms with van der Waals surface area (Å²) in [5.41, 5.74) is 18.6. The van der Waals surface area contributed by atoms with Crippen LogP contribution in [0, 0.1) is 0 Å². The van der Waals surface area contributed by atoms with Crippen molar-refractivity contribution in [3.05, 3.63) is 124 Å². The predicted molar refractivity (Wildman–Crippen MR) is 140 cm³/mol. The highest BCUT2D eigenvalue weighted by Gasteiger charge is 2.32. The third kappa shape index (κ3) is 1.94. The molecule has 158 valence electrons. The van der Waals surface area contributed by atoms with Crippen LogP contribution in [0.25, 0.3) is 49.7 Å². The van der Waals surface area contributed by atoms with Crippen molar-refractivity contribution >= 4 is 21.8 Å². The van der Waals surface area contributed by atoms with Crippen molar-refractivity contribution in [2.45, 2.75) is 19.3 Å². The number of benzene rings is 5. The molecule has 9 rings (SSSR count). The topological polar surface area (TPSA) is 4.93 Å². The number of rotatable bonds is 0. The zero-order valence-corrected chi connectivity index (χ0v) is 18.7. The number of nitrogens with zero attached hydrogens (tertiary/aromatic N) is 1.